The molecule has 14 heteroatoms. The molecule has 0 aromatic carbocycles. The van der Waals surface area contributed by atoms with E-state index in [9.17, 15) is 35.1 Å². The average Bonchev–Trinajstić information content (AvgIpc) is 3.69. The lowest BCUT2D eigenvalue weighted by Gasteiger charge is -2.61. The summed E-state index contributed by atoms with van der Waals surface area (Å²) in [6.07, 6.45) is 3.02. The molecule has 11 atom stereocenters. The van der Waals surface area contributed by atoms with Crippen LogP contribution in [0.15, 0.2) is 40.6 Å². The molecule has 6 rings (SSSR count). The minimum atomic E-state index is -1.57. The zero-order chi connectivity index (χ0) is 32.3. The Balaban J connectivity index is 1.24. The van der Waals surface area contributed by atoms with Gasteiger partial charge in [-0.15, -0.1) is 0 Å². The van der Waals surface area contributed by atoms with Crippen LogP contribution in [0, 0.1) is 22.7 Å². The van der Waals surface area contributed by atoms with Crippen molar-refractivity contribution in [3.63, 3.8) is 0 Å². The molecule has 8 unspecified atom stereocenters. The number of carbonyl (C=O) groups excluding carboxylic acids is 1. The molecular formula is C31H41N3O11. The first-order valence-electron chi connectivity index (χ1n) is 15.2. The molecule has 8 N–H and O–H groups in total. The van der Waals surface area contributed by atoms with Crippen LogP contribution in [0.3, 0.4) is 0 Å². The maximum Gasteiger partial charge on any atom is 0.343 e. The highest BCUT2D eigenvalue weighted by atomic mass is 16.7. The van der Waals surface area contributed by atoms with Crippen LogP contribution < -0.4 is 11.3 Å². The number of nitrogen functional groups attached to an aromatic ring is 1. The number of anilines is 1. The van der Waals surface area contributed by atoms with Gasteiger partial charge in [0.2, 0.25) is 0 Å². The van der Waals surface area contributed by atoms with E-state index in [1.165, 1.54) is 12.3 Å². The second-order valence-electron chi connectivity index (χ2n) is 13.4. The fourth-order valence-corrected chi connectivity index (χ4v) is 8.16. The monoisotopic (exact) mass is 631 g/mol. The second kappa shape index (κ2) is 11.7. The summed E-state index contributed by atoms with van der Waals surface area (Å²) in [5.41, 5.74) is 4.00. The zero-order valence-corrected chi connectivity index (χ0v) is 25.2. The number of nitrogens with one attached hydrogen (secondary N) is 1. The lowest BCUT2D eigenvalue weighted by molar-refractivity contribution is -0.330. The summed E-state index contributed by atoms with van der Waals surface area (Å²) in [5.74, 6) is -0.563. The van der Waals surface area contributed by atoms with Crippen LogP contribution in [0.2, 0.25) is 0 Å². The maximum absolute atomic E-state index is 12.8. The standard InChI is InChI=1S/C31H41N3O11/c1-29-7-6-21(45-27-24(39)23(38)22(37)18(12-35)44-27)30(2,13-36)19(29)5-8-31(14-42-31)20(29)4-3-15-9-17(43-26(15)41)10-16-11-33-28(32)34-25(16)40/h3-4,9-11,18-24,27,35-39H,5-8,12-14H2,1-2H3,(H3,32,33,34,40)/b4-3+,17-10+/t18?,19?,20?,21-,22?,23?,24?,27?,29+,30+,31?/m1/s1. The van der Waals surface area contributed by atoms with Crippen molar-refractivity contribution in [2.24, 2.45) is 22.7 Å². The quantitative estimate of drug-likeness (QED) is 0.115. The molecule has 5 aliphatic rings. The Labute approximate surface area is 259 Å². The number of aromatic nitrogens is 2. The molecule has 0 amide bonds. The fraction of sp³-hybridized carbons (Fsp3) is 0.645. The Morgan fingerprint density at radius 1 is 1.13 bits per heavy atom. The number of aliphatic hydroxyl groups is 5. The number of carbonyl (C=O) groups is 1. The molecule has 1 aromatic rings. The van der Waals surface area contributed by atoms with Crippen molar-refractivity contribution in [2.75, 3.05) is 25.6 Å². The molecule has 14 nitrogen and oxygen atoms in total. The maximum atomic E-state index is 12.8. The Hall–Kier alpha value is -2.95. The third kappa shape index (κ3) is 5.46. The molecule has 0 radical (unpaired) electrons. The molecule has 246 valence electrons. The fourth-order valence-electron chi connectivity index (χ4n) is 8.16. The molecule has 2 saturated heterocycles. The number of fused-ring (bicyclic) bond motifs is 1. The van der Waals surface area contributed by atoms with Gasteiger partial charge in [0.1, 0.15) is 30.2 Å². The first-order chi connectivity index (χ1) is 21.3. The Morgan fingerprint density at radius 3 is 2.56 bits per heavy atom. The van der Waals surface area contributed by atoms with Crippen LogP contribution >= 0.6 is 0 Å². The van der Waals surface area contributed by atoms with Crippen molar-refractivity contribution in [3.05, 3.63) is 51.7 Å². The van der Waals surface area contributed by atoms with E-state index in [4.69, 9.17) is 24.7 Å². The predicted molar refractivity (Wildman–Crippen MR) is 157 cm³/mol. The number of aromatic amines is 1. The van der Waals surface area contributed by atoms with Gasteiger partial charge in [0.25, 0.3) is 5.56 Å². The molecule has 4 fully saturated rings. The second-order valence-corrected chi connectivity index (χ2v) is 13.4. The predicted octanol–water partition coefficient (Wildman–Crippen LogP) is -0.489. The molecule has 1 spiro atoms. The number of cyclic esters (lactones) is 1. The number of ether oxygens (including phenoxy) is 4. The summed E-state index contributed by atoms with van der Waals surface area (Å²) in [6.45, 7) is 3.90. The highest BCUT2D eigenvalue weighted by Gasteiger charge is 2.67. The van der Waals surface area contributed by atoms with Gasteiger partial charge in [-0.25, -0.2) is 9.78 Å². The van der Waals surface area contributed by atoms with Gasteiger partial charge in [-0.1, -0.05) is 26.0 Å². The molecule has 3 aliphatic heterocycles. The van der Waals surface area contributed by atoms with Crippen molar-refractivity contribution in [1.29, 1.82) is 0 Å². The number of aliphatic hydroxyl groups excluding tert-OH is 5. The number of esters is 1. The normalized spacial score (nSPS) is 43.8. The molecule has 0 bridgehead atoms. The van der Waals surface area contributed by atoms with E-state index in [1.807, 2.05) is 13.0 Å². The van der Waals surface area contributed by atoms with E-state index in [0.717, 1.165) is 12.8 Å². The highest BCUT2D eigenvalue weighted by molar-refractivity contribution is 5.96. The summed E-state index contributed by atoms with van der Waals surface area (Å²) in [4.78, 5) is 31.2. The van der Waals surface area contributed by atoms with Gasteiger partial charge < -0.3 is 50.2 Å². The Kier molecular flexibility index (Phi) is 8.32. The van der Waals surface area contributed by atoms with Gasteiger partial charge in [0.15, 0.2) is 12.2 Å². The van der Waals surface area contributed by atoms with E-state index in [0.29, 0.717) is 25.0 Å². The third-order valence-corrected chi connectivity index (χ3v) is 10.8. The van der Waals surface area contributed by atoms with Crippen LogP contribution in [0.4, 0.5) is 5.95 Å². The summed E-state index contributed by atoms with van der Waals surface area (Å²) >= 11 is 0. The number of hydrogen-bond donors (Lipinski definition) is 7. The Morgan fingerprint density at radius 2 is 1.89 bits per heavy atom. The number of rotatable bonds is 7. The van der Waals surface area contributed by atoms with Crippen molar-refractivity contribution < 1.29 is 49.3 Å². The molecular weight excluding hydrogens is 590 g/mol. The minimum Gasteiger partial charge on any atom is -0.423 e. The van der Waals surface area contributed by atoms with Crippen LogP contribution in [0.5, 0.6) is 0 Å². The van der Waals surface area contributed by atoms with E-state index in [1.54, 1.807) is 12.2 Å². The zero-order valence-electron chi connectivity index (χ0n) is 25.2. The number of epoxide rings is 1. The summed E-state index contributed by atoms with van der Waals surface area (Å²) in [5, 5.41) is 51.5. The summed E-state index contributed by atoms with van der Waals surface area (Å²) in [7, 11) is 0. The summed E-state index contributed by atoms with van der Waals surface area (Å²) in [6, 6.07) is 0. The van der Waals surface area contributed by atoms with E-state index >= 15 is 0 Å². The summed E-state index contributed by atoms with van der Waals surface area (Å²) < 4.78 is 23.3. The number of allylic oxidation sites excluding steroid dienone is 1. The van der Waals surface area contributed by atoms with Gasteiger partial charge in [0, 0.05) is 17.5 Å². The van der Waals surface area contributed by atoms with Crippen LogP contribution in [-0.2, 0) is 23.7 Å². The first-order valence-corrected chi connectivity index (χ1v) is 15.2. The highest BCUT2D eigenvalue weighted by Crippen LogP contribution is 2.66. The largest absolute Gasteiger partial charge is 0.423 e. The van der Waals surface area contributed by atoms with Crippen LogP contribution in [0.25, 0.3) is 6.08 Å². The third-order valence-electron chi connectivity index (χ3n) is 10.8. The number of nitrogens with two attached hydrogens (primary N) is 1. The topological polar surface area (TPSA) is 230 Å². The van der Waals surface area contributed by atoms with Crippen LogP contribution in [0.1, 0.15) is 45.1 Å². The van der Waals surface area contributed by atoms with Crippen molar-refractivity contribution in [2.45, 2.75) is 81.9 Å². The van der Waals surface area contributed by atoms with Crippen LogP contribution in [-0.4, -0.2) is 104 Å². The van der Waals surface area contributed by atoms with Gasteiger partial charge in [0.05, 0.1) is 42.7 Å². The van der Waals surface area contributed by atoms with Gasteiger partial charge in [-0.3, -0.25) is 9.78 Å². The van der Waals surface area contributed by atoms with E-state index < -0.39 is 66.0 Å². The number of nitrogens with zero attached hydrogens (tertiary/aromatic N) is 1. The molecule has 2 aliphatic carbocycles. The molecule has 1 aromatic heterocycles. The number of hydrogen-bond acceptors (Lipinski definition) is 13. The van der Waals surface area contributed by atoms with E-state index in [-0.39, 0.29) is 41.1 Å². The first kappa shape index (κ1) is 32.0. The van der Waals surface area contributed by atoms with Gasteiger partial charge >= 0.3 is 5.97 Å². The number of H-pyrrole nitrogens is 1. The van der Waals surface area contributed by atoms with E-state index in [2.05, 4.69) is 16.9 Å². The molecule has 4 heterocycles. The Bertz CT molecular complexity index is 1470. The average molecular weight is 632 g/mol. The molecule has 2 saturated carbocycles. The smallest absolute Gasteiger partial charge is 0.343 e. The van der Waals surface area contributed by atoms with Crippen molar-refractivity contribution in [1.82, 2.24) is 9.97 Å². The van der Waals surface area contributed by atoms with Gasteiger partial charge in [-0.05, 0) is 49.2 Å². The lowest BCUT2D eigenvalue weighted by Crippen LogP contribution is -2.64. The SMILES string of the molecule is C[C@]12CC[C@@H](OC3OC(CO)C(O)C(O)C3O)[C@@](C)(CO)C1CCC1(CO1)C2/C=C/C1=CC(=C\c2cnc(N)[nH]c2=O)/OC1=O. The lowest BCUT2D eigenvalue weighted by atomic mass is 9.45. The van der Waals surface area contributed by atoms with Crippen molar-refractivity contribution >= 4 is 18.0 Å². The van der Waals surface area contributed by atoms with Crippen molar-refractivity contribution in [3.8, 4) is 0 Å². The van der Waals surface area contributed by atoms with Gasteiger partial charge in [-0.2, -0.15) is 0 Å². The minimum absolute atomic E-state index is 0.0213. The molecule has 45 heavy (non-hydrogen) atoms.